The van der Waals surface area contributed by atoms with Crippen LogP contribution >= 0.6 is 23.3 Å². The molecule has 0 aromatic heterocycles. The molecule has 1 heterocycles. The van der Waals surface area contributed by atoms with Crippen LogP contribution < -0.4 is 0 Å². The fourth-order valence-corrected chi connectivity index (χ4v) is 5.53. The van der Waals surface area contributed by atoms with Gasteiger partial charge in [0.25, 0.3) is 0 Å². The second-order valence-corrected chi connectivity index (χ2v) is 9.70. The van der Waals surface area contributed by atoms with E-state index in [-0.39, 0.29) is 0 Å². The van der Waals surface area contributed by atoms with Crippen LogP contribution in [0.4, 0.5) is 0 Å². The minimum absolute atomic E-state index is 0.354. The van der Waals surface area contributed by atoms with Crippen LogP contribution in [0.25, 0.3) is 0 Å². The van der Waals surface area contributed by atoms with Crippen molar-refractivity contribution in [2.45, 2.75) is 12.8 Å². The summed E-state index contributed by atoms with van der Waals surface area (Å²) in [6.45, 7) is 0. The summed E-state index contributed by atoms with van der Waals surface area (Å²) in [5, 5.41) is 8.53. The van der Waals surface area contributed by atoms with E-state index in [0.29, 0.717) is 5.75 Å². The Kier molecular flexibility index (Phi) is 2.63. The zero-order valence-electron chi connectivity index (χ0n) is 5.68. The van der Waals surface area contributed by atoms with Gasteiger partial charge in [0, 0.05) is 0 Å². The Morgan fingerprint density at radius 2 is 2.00 bits per heavy atom. The fourth-order valence-electron chi connectivity index (χ4n) is 1.19. The Balaban J connectivity index is 2.43. The molecular weight excluding hydrogens is 216 g/mol. The second-order valence-electron chi connectivity index (χ2n) is 2.59. The van der Waals surface area contributed by atoms with Crippen molar-refractivity contribution < 1.29 is 9.90 Å². The first-order chi connectivity index (χ1) is 4.62. The minimum atomic E-state index is -0.890. The molecule has 0 aromatic rings. The van der Waals surface area contributed by atoms with Crippen LogP contribution in [-0.2, 0) is 4.79 Å². The van der Waals surface area contributed by atoms with Crippen molar-refractivity contribution in [2.24, 2.45) is 0 Å². The average molecular weight is 227 g/mol. The number of hydrogen-bond acceptors (Lipinski definition) is 1. The number of carboxylic acid groups (broad SMARTS) is 1. The molecule has 1 fully saturated rings. The molecule has 0 amide bonds. The van der Waals surface area contributed by atoms with Gasteiger partial charge in [0.2, 0.25) is 0 Å². The molecule has 2 nitrogen and oxygen atoms in total. The van der Waals surface area contributed by atoms with Crippen molar-refractivity contribution in [3.8, 4) is 0 Å². The molecule has 0 aromatic carbocycles. The Hall–Kier alpha value is 0.300. The number of aliphatic carboxylic acids is 1. The van der Waals surface area contributed by atoms with Crippen LogP contribution in [0.1, 0.15) is 12.8 Å². The van der Waals surface area contributed by atoms with Gasteiger partial charge in [-0.1, -0.05) is 0 Å². The largest absolute Gasteiger partial charge is 0.481 e. The highest BCUT2D eigenvalue weighted by molar-refractivity contribution is 9.58. The summed E-state index contributed by atoms with van der Waals surface area (Å²) < 4.78 is 0. The third kappa shape index (κ3) is 2.16. The summed E-state index contributed by atoms with van der Waals surface area (Å²) in [5.74, 6) is 1.89. The number of halogens is 1. The van der Waals surface area contributed by atoms with Crippen LogP contribution in [0.2, 0.25) is 0 Å². The second kappa shape index (κ2) is 3.13. The summed E-state index contributed by atoms with van der Waals surface area (Å²) in [7, 11) is -0.890. The average Bonchev–Trinajstić information content (AvgIpc) is 2.12. The normalized spacial score (nSPS) is 26.1. The predicted octanol–water partition coefficient (Wildman–Crippen LogP) is 1.98. The van der Waals surface area contributed by atoms with E-state index in [1.807, 2.05) is 0 Å². The molecule has 0 saturated carbocycles. The van der Waals surface area contributed by atoms with Crippen molar-refractivity contribution in [1.82, 2.24) is 0 Å². The molecular formula is C6H11BrO2S. The molecule has 1 saturated heterocycles. The van der Waals surface area contributed by atoms with Crippen LogP contribution in [0.5, 0.6) is 0 Å². The number of hydrogen-bond donors (Lipinski definition) is 1. The number of rotatable bonds is 2. The highest BCUT2D eigenvalue weighted by Crippen LogP contribution is 2.60. The molecule has 1 aliphatic heterocycles. The number of carbonyl (C=O) groups is 1. The lowest BCUT2D eigenvalue weighted by atomic mass is 10.4. The first kappa shape index (κ1) is 8.40. The van der Waals surface area contributed by atoms with Crippen molar-refractivity contribution in [3.63, 3.8) is 0 Å². The molecule has 0 unspecified atom stereocenters. The van der Waals surface area contributed by atoms with Gasteiger partial charge in [-0.25, -0.2) is 0 Å². The summed E-state index contributed by atoms with van der Waals surface area (Å²) in [5.41, 5.74) is 0. The summed E-state index contributed by atoms with van der Waals surface area (Å²) >= 11 is 3.55. The topological polar surface area (TPSA) is 37.3 Å². The third-order valence-electron chi connectivity index (χ3n) is 1.65. The standard InChI is InChI=1S/C6H11BrO2S/c7-10(5-6(8)9)3-1-2-4-10/h1-5H2,(H,8,9). The first-order valence-electron chi connectivity index (χ1n) is 3.30. The van der Waals surface area contributed by atoms with Gasteiger partial charge in [-0.15, -0.1) is 0 Å². The highest BCUT2D eigenvalue weighted by Gasteiger charge is 2.27. The van der Waals surface area contributed by atoms with E-state index < -0.39 is 14.4 Å². The number of carboxylic acids is 1. The lowest BCUT2D eigenvalue weighted by Gasteiger charge is -2.24. The van der Waals surface area contributed by atoms with Crippen LogP contribution in [-0.4, -0.2) is 28.3 Å². The van der Waals surface area contributed by atoms with E-state index in [1.54, 1.807) is 0 Å². The molecule has 4 heteroatoms. The zero-order valence-corrected chi connectivity index (χ0v) is 8.08. The first-order valence-corrected chi connectivity index (χ1v) is 7.28. The van der Waals surface area contributed by atoms with Crippen molar-refractivity contribution in [1.29, 1.82) is 0 Å². The van der Waals surface area contributed by atoms with E-state index in [0.717, 1.165) is 11.5 Å². The zero-order chi connectivity index (χ0) is 7.61. The van der Waals surface area contributed by atoms with Crippen molar-refractivity contribution in [2.75, 3.05) is 17.3 Å². The fraction of sp³-hybridized carbons (Fsp3) is 0.833. The Labute approximate surface area is 69.5 Å². The maximum absolute atomic E-state index is 10.4. The van der Waals surface area contributed by atoms with Gasteiger partial charge in [0.05, 0.1) is 5.75 Å². The van der Waals surface area contributed by atoms with Crippen LogP contribution in [0.3, 0.4) is 0 Å². The van der Waals surface area contributed by atoms with Gasteiger partial charge in [0.1, 0.15) is 0 Å². The molecule has 10 heavy (non-hydrogen) atoms. The third-order valence-corrected chi connectivity index (χ3v) is 7.09. The molecule has 0 atom stereocenters. The maximum atomic E-state index is 10.4. The van der Waals surface area contributed by atoms with E-state index >= 15 is 0 Å². The lowest BCUT2D eigenvalue weighted by molar-refractivity contribution is -0.133. The summed E-state index contributed by atoms with van der Waals surface area (Å²) in [6.07, 6.45) is 2.40. The molecule has 1 N–H and O–H groups in total. The molecule has 1 aliphatic rings. The maximum Gasteiger partial charge on any atom is 0.312 e. The van der Waals surface area contributed by atoms with Crippen molar-refractivity contribution >= 4 is 29.2 Å². The van der Waals surface area contributed by atoms with Gasteiger partial charge in [-0.3, -0.25) is 4.79 Å². The van der Waals surface area contributed by atoms with Crippen molar-refractivity contribution in [3.05, 3.63) is 0 Å². The smallest absolute Gasteiger partial charge is 0.312 e. The summed E-state index contributed by atoms with van der Waals surface area (Å²) in [4.78, 5) is 10.4. The van der Waals surface area contributed by atoms with Gasteiger partial charge < -0.3 is 5.11 Å². The lowest BCUT2D eigenvalue weighted by Crippen LogP contribution is -2.09. The van der Waals surface area contributed by atoms with E-state index in [2.05, 4.69) is 14.8 Å². The van der Waals surface area contributed by atoms with E-state index in [1.165, 1.54) is 12.8 Å². The molecule has 0 radical (unpaired) electrons. The summed E-state index contributed by atoms with van der Waals surface area (Å²) in [6, 6.07) is 0. The minimum Gasteiger partial charge on any atom is -0.481 e. The SMILES string of the molecule is O=C(O)CS1(Br)CCCC1. The van der Waals surface area contributed by atoms with Gasteiger partial charge in [-0.05, 0) is 39.2 Å². The monoisotopic (exact) mass is 226 g/mol. The van der Waals surface area contributed by atoms with Crippen LogP contribution in [0.15, 0.2) is 0 Å². The Morgan fingerprint density at radius 1 is 1.50 bits per heavy atom. The highest BCUT2D eigenvalue weighted by atomic mass is 79.9. The van der Waals surface area contributed by atoms with Gasteiger partial charge in [0.15, 0.2) is 0 Å². The van der Waals surface area contributed by atoms with Gasteiger partial charge >= 0.3 is 5.97 Å². The molecule has 60 valence electrons. The predicted molar refractivity (Wildman–Crippen MR) is 48.0 cm³/mol. The molecule has 0 aliphatic carbocycles. The van der Waals surface area contributed by atoms with Crippen LogP contribution in [0, 0.1) is 0 Å². The Bertz CT molecular complexity index is 143. The molecule has 0 spiro atoms. The van der Waals surface area contributed by atoms with E-state index in [9.17, 15) is 4.79 Å². The molecule has 1 rings (SSSR count). The molecule has 0 bridgehead atoms. The van der Waals surface area contributed by atoms with E-state index in [4.69, 9.17) is 5.11 Å². The van der Waals surface area contributed by atoms with Gasteiger partial charge in [-0.2, -0.15) is 8.46 Å². The quantitative estimate of drug-likeness (QED) is 0.783. The Morgan fingerprint density at radius 3 is 2.40 bits per heavy atom.